The largest absolute Gasteiger partial charge is 0.469 e. The molecule has 2 amide bonds. The van der Waals surface area contributed by atoms with E-state index in [4.69, 9.17) is 4.74 Å². The summed E-state index contributed by atoms with van der Waals surface area (Å²) in [5.74, 6) is -1.46. The highest BCUT2D eigenvalue weighted by molar-refractivity contribution is 5.97. The third kappa shape index (κ3) is 3.41. The van der Waals surface area contributed by atoms with E-state index in [1.165, 1.54) is 30.3 Å². The molecule has 0 spiro atoms. The van der Waals surface area contributed by atoms with E-state index in [1.807, 2.05) is 30.3 Å². The molecule has 3 atom stereocenters. The Morgan fingerprint density at radius 1 is 1.14 bits per heavy atom. The van der Waals surface area contributed by atoms with Crippen LogP contribution >= 0.6 is 0 Å². The van der Waals surface area contributed by atoms with Gasteiger partial charge in [0.05, 0.1) is 25.1 Å². The molecule has 1 N–H and O–H groups in total. The predicted octanol–water partition coefficient (Wildman–Crippen LogP) is 0.962. The first-order valence-corrected chi connectivity index (χ1v) is 9.41. The zero-order valence-corrected chi connectivity index (χ0v) is 15.9. The van der Waals surface area contributed by atoms with Crippen LogP contribution in [0.25, 0.3) is 0 Å². The van der Waals surface area contributed by atoms with Gasteiger partial charge in [-0.05, 0) is 18.1 Å². The second-order valence-corrected chi connectivity index (χ2v) is 7.30. The van der Waals surface area contributed by atoms with Crippen LogP contribution in [0.3, 0.4) is 0 Å². The minimum atomic E-state index is -0.494. The zero-order valence-electron chi connectivity index (χ0n) is 15.9. The molecule has 0 unspecified atom stereocenters. The maximum atomic E-state index is 13.0. The molecule has 2 saturated heterocycles. The number of fused-ring (bicyclic) bond motifs is 1. The first-order valence-electron chi connectivity index (χ1n) is 9.41. The average molecular weight is 395 g/mol. The highest BCUT2D eigenvalue weighted by atomic mass is 16.5. The predicted molar refractivity (Wildman–Crippen MR) is 103 cm³/mol. The highest BCUT2D eigenvalue weighted by Crippen LogP contribution is 2.43. The maximum Gasteiger partial charge on any atom is 0.311 e. The molecule has 2 aliphatic heterocycles. The number of hydrogen-bond donors (Lipinski definition) is 1. The Hall–Kier alpha value is -3.42. The van der Waals surface area contributed by atoms with Crippen molar-refractivity contribution in [3.05, 3.63) is 70.1 Å². The van der Waals surface area contributed by atoms with Gasteiger partial charge >= 0.3 is 5.97 Å². The van der Waals surface area contributed by atoms with Crippen molar-refractivity contribution in [3.8, 4) is 0 Å². The first kappa shape index (κ1) is 18.9. The Balaban J connectivity index is 1.63. The lowest BCUT2D eigenvalue weighted by Gasteiger charge is -2.40. The normalized spacial score (nSPS) is 23.6. The smallest absolute Gasteiger partial charge is 0.311 e. The number of aromatic amines is 1. The monoisotopic (exact) mass is 395 g/mol. The third-order valence-corrected chi connectivity index (χ3v) is 5.60. The van der Waals surface area contributed by atoms with E-state index in [-0.39, 0.29) is 41.5 Å². The van der Waals surface area contributed by atoms with Crippen LogP contribution in [0.4, 0.5) is 0 Å². The fourth-order valence-electron chi connectivity index (χ4n) is 4.38. The van der Waals surface area contributed by atoms with Crippen LogP contribution in [0.1, 0.15) is 28.4 Å². The molecular formula is C21H21N3O5. The highest BCUT2D eigenvalue weighted by Gasteiger charge is 2.51. The van der Waals surface area contributed by atoms with Crippen LogP contribution in [0.5, 0.6) is 0 Å². The number of ether oxygens (including phenoxy) is 1. The molecule has 2 fully saturated rings. The van der Waals surface area contributed by atoms with Crippen molar-refractivity contribution in [1.29, 1.82) is 0 Å². The lowest BCUT2D eigenvalue weighted by atomic mass is 9.93. The van der Waals surface area contributed by atoms with Crippen molar-refractivity contribution < 1.29 is 19.1 Å². The summed E-state index contributed by atoms with van der Waals surface area (Å²) in [4.78, 5) is 55.5. The maximum absolute atomic E-state index is 13.0. The molecule has 2 aliphatic rings. The Labute approximate surface area is 167 Å². The lowest BCUT2D eigenvalue weighted by molar-refractivity contribution is -0.147. The third-order valence-electron chi connectivity index (χ3n) is 5.60. The summed E-state index contributed by atoms with van der Waals surface area (Å²) in [6.45, 7) is 0.202. The van der Waals surface area contributed by atoms with Gasteiger partial charge in [0.1, 0.15) is 6.54 Å². The van der Waals surface area contributed by atoms with E-state index in [9.17, 15) is 19.2 Å². The van der Waals surface area contributed by atoms with E-state index in [0.717, 1.165) is 5.56 Å². The summed E-state index contributed by atoms with van der Waals surface area (Å²) in [6, 6.07) is 11.4. The standard InChI is InChI=1S/C21H21N3O5/c1-29-21(28)16-10-15-11-23(20(27)14-7-8-22-17(25)9-14)12-18(26)24(15)19(16)13-5-3-2-4-6-13/h2-9,15-16,19H,10-12H2,1H3,(H,22,25)/t15-,16-,19-/m0/s1. The molecule has 29 heavy (non-hydrogen) atoms. The van der Waals surface area contributed by atoms with Gasteiger partial charge in [-0.3, -0.25) is 19.2 Å². The van der Waals surface area contributed by atoms with Gasteiger partial charge in [-0.25, -0.2) is 0 Å². The number of nitrogens with one attached hydrogen (secondary N) is 1. The molecule has 150 valence electrons. The van der Waals surface area contributed by atoms with Crippen molar-refractivity contribution in [2.24, 2.45) is 5.92 Å². The number of aromatic nitrogens is 1. The summed E-state index contributed by atoms with van der Waals surface area (Å²) < 4.78 is 4.99. The molecule has 1 aromatic carbocycles. The summed E-state index contributed by atoms with van der Waals surface area (Å²) in [6.07, 6.45) is 1.82. The summed E-state index contributed by atoms with van der Waals surface area (Å²) in [5, 5.41) is 0. The van der Waals surface area contributed by atoms with Gasteiger partial charge in [0, 0.05) is 24.4 Å². The van der Waals surface area contributed by atoms with Gasteiger partial charge in [0.25, 0.3) is 5.91 Å². The van der Waals surface area contributed by atoms with Gasteiger partial charge in [-0.1, -0.05) is 30.3 Å². The van der Waals surface area contributed by atoms with Crippen molar-refractivity contribution in [2.45, 2.75) is 18.5 Å². The molecule has 3 heterocycles. The Morgan fingerprint density at radius 2 is 1.90 bits per heavy atom. The lowest BCUT2D eigenvalue weighted by Crippen LogP contribution is -2.56. The molecule has 4 rings (SSSR count). The topological polar surface area (TPSA) is 99.8 Å². The summed E-state index contributed by atoms with van der Waals surface area (Å²) >= 11 is 0. The van der Waals surface area contributed by atoms with Crippen molar-refractivity contribution >= 4 is 17.8 Å². The summed E-state index contributed by atoms with van der Waals surface area (Å²) in [7, 11) is 1.34. The molecular weight excluding hydrogens is 374 g/mol. The van der Waals surface area contributed by atoms with E-state index < -0.39 is 12.0 Å². The number of methoxy groups -OCH3 is 1. The number of esters is 1. The van der Waals surface area contributed by atoms with Crippen LogP contribution in [0, 0.1) is 5.92 Å². The van der Waals surface area contributed by atoms with Crippen LogP contribution in [-0.2, 0) is 14.3 Å². The Kier molecular flexibility index (Phi) is 4.92. The van der Waals surface area contributed by atoms with E-state index in [1.54, 1.807) is 4.90 Å². The molecule has 1 aromatic heterocycles. The number of carbonyl (C=O) groups is 3. The molecule has 8 heteroatoms. The van der Waals surface area contributed by atoms with Crippen LogP contribution < -0.4 is 5.56 Å². The van der Waals surface area contributed by atoms with Gasteiger partial charge in [-0.15, -0.1) is 0 Å². The van der Waals surface area contributed by atoms with Crippen LogP contribution in [0.2, 0.25) is 0 Å². The fourth-order valence-corrected chi connectivity index (χ4v) is 4.38. The second-order valence-electron chi connectivity index (χ2n) is 7.30. The van der Waals surface area contributed by atoms with Crippen LogP contribution in [0.15, 0.2) is 53.5 Å². The number of pyridine rings is 1. The minimum absolute atomic E-state index is 0.0979. The second kappa shape index (κ2) is 7.54. The molecule has 0 saturated carbocycles. The zero-order chi connectivity index (χ0) is 20.5. The molecule has 0 radical (unpaired) electrons. The van der Waals surface area contributed by atoms with Crippen LogP contribution in [-0.4, -0.2) is 58.8 Å². The molecule has 2 aromatic rings. The Bertz CT molecular complexity index is 1000. The van der Waals surface area contributed by atoms with Crippen molar-refractivity contribution in [1.82, 2.24) is 14.8 Å². The molecule has 8 nitrogen and oxygen atoms in total. The van der Waals surface area contributed by atoms with Crippen molar-refractivity contribution in [3.63, 3.8) is 0 Å². The number of nitrogens with zero attached hydrogens (tertiary/aromatic N) is 2. The molecule has 0 aliphatic carbocycles. The van der Waals surface area contributed by atoms with Gasteiger partial charge in [-0.2, -0.15) is 0 Å². The number of amides is 2. The number of carbonyl (C=O) groups excluding carboxylic acids is 3. The quantitative estimate of drug-likeness (QED) is 0.781. The Morgan fingerprint density at radius 3 is 2.59 bits per heavy atom. The van der Waals surface area contributed by atoms with E-state index >= 15 is 0 Å². The minimum Gasteiger partial charge on any atom is -0.469 e. The summed E-state index contributed by atoms with van der Waals surface area (Å²) in [5.41, 5.74) is 0.724. The van der Waals surface area contributed by atoms with E-state index in [2.05, 4.69) is 4.98 Å². The SMILES string of the molecule is COC(=O)[C@H]1C[C@H]2CN(C(=O)c3cc[nH]c(=O)c3)CC(=O)N2[C@H]1c1ccccc1. The number of piperazine rings is 1. The van der Waals surface area contributed by atoms with Gasteiger partial charge < -0.3 is 19.5 Å². The number of rotatable bonds is 3. The van der Waals surface area contributed by atoms with E-state index in [0.29, 0.717) is 13.0 Å². The number of benzene rings is 1. The average Bonchev–Trinajstić information content (AvgIpc) is 3.13. The fraction of sp³-hybridized carbons (Fsp3) is 0.333. The van der Waals surface area contributed by atoms with Gasteiger partial charge in [0.2, 0.25) is 11.5 Å². The van der Waals surface area contributed by atoms with Gasteiger partial charge in [0.15, 0.2) is 0 Å². The number of H-pyrrole nitrogens is 1. The first-order chi connectivity index (χ1) is 14.0. The molecule has 0 bridgehead atoms. The number of hydrogen-bond acceptors (Lipinski definition) is 5. The van der Waals surface area contributed by atoms with Crippen molar-refractivity contribution in [2.75, 3.05) is 20.2 Å².